The number of aromatic nitrogens is 1. The maximum absolute atomic E-state index is 10.9. The monoisotopic (exact) mass is 267 g/mol. The third-order valence-corrected chi connectivity index (χ3v) is 2.53. The zero-order valence-electron chi connectivity index (χ0n) is 11.7. The van der Waals surface area contributed by atoms with Gasteiger partial charge in [-0.15, -0.1) is 0 Å². The van der Waals surface area contributed by atoms with Crippen LogP contribution in [0.25, 0.3) is 0 Å². The Morgan fingerprint density at radius 2 is 2.21 bits per heavy atom. The fourth-order valence-electron chi connectivity index (χ4n) is 1.42. The minimum atomic E-state index is -0.471. The van der Waals surface area contributed by atoms with Crippen molar-refractivity contribution in [3.63, 3.8) is 0 Å². The molecule has 1 heterocycles. The van der Waals surface area contributed by atoms with Crippen molar-refractivity contribution in [1.29, 1.82) is 0 Å². The topological polar surface area (TPSA) is 77.3 Å². The summed E-state index contributed by atoms with van der Waals surface area (Å²) in [5.41, 5.74) is -0.0918. The lowest BCUT2D eigenvalue weighted by molar-refractivity contribution is -0.386. The van der Waals surface area contributed by atoms with Gasteiger partial charge in [0.1, 0.15) is 5.82 Å². The zero-order valence-corrected chi connectivity index (χ0v) is 11.7. The fraction of sp³-hybridized carbons (Fsp3) is 0.615. The molecule has 0 saturated heterocycles. The summed E-state index contributed by atoms with van der Waals surface area (Å²) in [6.45, 7) is 7.40. The van der Waals surface area contributed by atoms with E-state index in [0.29, 0.717) is 18.3 Å². The zero-order chi connectivity index (χ0) is 14.3. The van der Waals surface area contributed by atoms with Crippen molar-refractivity contribution >= 4 is 11.5 Å². The highest BCUT2D eigenvalue weighted by Gasteiger charge is 2.17. The number of hydrogen-bond acceptors (Lipinski definition) is 5. The lowest BCUT2D eigenvalue weighted by Crippen LogP contribution is -2.07. The first kappa shape index (κ1) is 15.2. The molecule has 1 N–H and O–H groups in total. The first-order valence-electron chi connectivity index (χ1n) is 6.56. The van der Waals surface area contributed by atoms with Crippen LogP contribution in [-0.2, 0) is 0 Å². The molecule has 0 aromatic carbocycles. The van der Waals surface area contributed by atoms with Gasteiger partial charge in [0, 0.05) is 12.6 Å². The van der Waals surface area contributed by atoms with Crippen LogP contribution in [0.5, 0.6) is 5.88 Å². The van der Waals surface area contributed by atoms with Crippen molar-refractivity contribution in [2.45, 2.75) is 33.6 Å². The molecule has 0 radical (unpaired) electrons. The highest BCUT2D eigenvalue weighted by atomic mass is 16.6. The van der Waals surface area contributed by atoms with Crippen molar-refractivity contribution < 1.29 is 9.66 Å². The second-order valence-electron chi connectivity index (χ2n) is 4.74. The van der Waals surface area contributed by atoms with Gasteiger partial charge in [0.15, 0.2) is 0 Å². The largest absolute Gasteiger partial charge is 0.473 e. The lowest BCUT2D eigenvalue weighted by Gasteiger charge is -2.09. The molecule has 19 heavy (non-hydrogen) atoms. The number of nitrogens with one attached hydrogen (secondary N) is 1. The second-order valence-corrected chi connectivity index (χ2v) is 4.74. The van der Waals surface area contributed by atoms with E-state index in [-0.39, 0.29) is 11.6 Å². The molecule has 0 fully saturated rings. The summed E-state index contributed by atoms with van der Waals surface area (Å²) in [4.78, 5) is 14.6. The van der Waals surface area contributed by atoms with Crippen molar-refractivity contribution in [3.8, 4) is 5.88 Å². The number of ether oxygens (including phenoxy) is 1. The number of nitrogens with zero attached hydrogens (tertiary/aromatic N) is 2. The molecule has 0 aliphatic carbocycles. The molecule has 0 aliphatic heterocycles. The van der Waals surface area contributed by atoms with Crippen molar-refractivity contribution in [3.05, 3.63) is 22.2 Å². The summed E-state index contributed by atoms with van der Waals surface area (Å²) < 4.78 is 5.44. The molecule has 106 valence electrons. The maximum Gasteiger partial charge on any atom is 0.331 e. The average molecular weight is 267 g/mol. The molecule has 1 aromatic rings. The molecule has 0 saturated carbocycles. The van der Waals surface area contributed by atoms with E-state index >= 15 is 0 Å². The molecule has 0 spiro atoms. The highest BCUT2D eigenvalue weighted by Crippen LogP contribution is 2.26. The molecular weight excluding hydrogens is 246 g/mol. The van der Waals surface area contributed by atoms with Crippen molar-refractivity contribution in [2.24, 2.45) is 5.92 Å². The van der Waals surface area contributed by atoms with Crippen molar-refractivity contribution in [2.75, 3.05) is 18.5 Å². The van der Waals surface area contributed by atoms with Crippen LogP contribution in [0.3, 0.4) is 0 Å². The Bertz CT molecular complexity index is 422. The van der Waals surface area contributed by atoms with E-state index in [9.17, 15) is 10.1 Å². The summed E-state index contributed by atoms with van der Waals surface area (Å²) in [6, 6.07) is 3.03. The lowest BCUT2D eigenvalue weighted by atomic mass is 10.1. The highest BCUT2D eigenvalue weighted by molar-refractivity contribution is 5.49. The number of rotatable bonds is 8. The molecule has 0 bridgehead atoms. The fourth-order valence-corrected chi connectivity index (χ4v) is 1.42. The third-order valence-electron chi connectivity index (χ3n) is 2.53. The summed E-state index contributed by atoms with van der Waals surface area (Å²) in [5.74, 6) is 1.18. The predicted octanol–water partition coefficient (Wildman–Crippen LogP) is 3.24. The standard InChI is InChI=1S/C13H21N3O3/c1-4-8-14-12-6-5-11(16(17)18)13(15-12)19-9-7-10(2)3/h5-6,10H,4,7-9H2,1-3H3,(H,14,15). The van der Waals surface area contributed by atoms with Gasteiger partial charge in [-0.05, 0) is 24.8 Å². The Hall–Kier alpha value is -1.85. The third kappa shape index (κ3) is 5.11. The van der Waals surface area contributed by atoms with Crippen LogP contribution in [0.4, 0.5) is 11.5 Å². The minimum absolute atomic E-state index is 0.0896. The Labute approximate surface area is 113 Å². The first-order valence-corrected chi connectivity index (χ1v) is 6.56. The van der Waals surface area contributed by atoms with Gasteiger partial charge in [-0.3, -0.25) is 10.1 Å². The molecule has 0 unspecified atom stereocenters. The normalized spacial score (nSPS) is 10.5. The number of hydrogen-bond donors (Lipinski definition) is 1. The summed E-state index contributed by atoms with van der Waals surface area (Å²) in [6.07, 6.45) is 1.80. The van der Waals surface area contributed by atoms with Crippen LogP contribution in [0.15, 0.2) is 12.1 Å². The van der Waals surface area contributed by atoms with E-state index in [0.717, 1.165) is 19.4 Å². The van der Waals surface area contributed by atoms with Crippen LogP contribution in [0.1, 0.15) is 33.6 Å². The molecule has 1 rings (SSSR count). The van der Waals surface area contributed by atoms with Gasteiger partial charge >= 0.3 is 5.69 Å². The van der Waals surface area contributed by atoms with Crippen LogP contribution < -0.4 is 10.1 Å². The molecule has 0 atom stereocenters. The Kier molecular flexibility index (Phi) is 6.05. The van der Waals surface area contributed by atoms with E-state index in [1.54, 1.807) is 6.07 Å². The summed E-state index contributed by atoms with van der Waals surface area (Å²) in [7, 11) is 0. The molecule has 6 nitrogen and oxygen atoms in total. The van der Waals surface area contributed by atoms with Gasteiger partial charge in [0.25, 0.3) is 5.88 Å². The van der Waals surface area contributed by atoms with Crippen LogP contribution >= 0.6 is 0 Å². The number of anilines is 1. The van der Waals surface area contributed by atoms with E-state index in [4.69, 9.17) is 4.74 Å². The quantitative estimate of drug-likeness (QED) is 0.578. The SMILES string of the molecule is CCCNc1ccc([N+](=O)[O-])c(OCCC(C)C)n1. The van der Waals surface area contributed by atoms with E-state index in [1.165, 1.54) is 6.07 Å². The van der Waals surface area contributed by atoms with E-state index < -0.39 is 4.92 Å². The minimum Gasteiger partial charge on any atom is -0.473 e. The van der Waals surface area contributed by atoms with Gasteiger partial charge in [-0.2, -0.15) is 4.98 Å². The average Bonchev–Trinajstić information content (AvgIpc) is 2.35. The second kappa shape index (κ2) is 7.56. The Balaban J connectivity index is 2.79. The van der Waals surface area contributed by atoms with Gasteiger partial charge in [-0.1, -0.05) is 20.8 Å². The summed E-state index contributed by atoms with van der Waals surface area (Å²) >= 11 is 0. The molecule has 0 aliphatic rings. The Morgan fingerprint density at radius 3 is 2.79 bits per heavy atom. The van der Waals surface area contributed by atoms with Gasteiger partial charge in [-0.25, -0.2) is 0 Å². The van der Waals surface area contributed by atoms with Gasteiger partial charge in [0.05, 0.1) is 11.5 Å². The molecule has 6 heteroatoms. The Morgan fingerprint density at radius 1 is 1.47 bits per heavy atom. The van der Waals surface area contributed by atoms with Gasteiger partial charge < -0.3 is 10.1 Å². The maximum atomic E-state index is 10.9. The van der Waals surface area contributed by atoms with Crippen LogP contribution in [0.2, 0.25) is 0 Å². The summed E-state index contributed by atoms with van der Waals surface area (Å²) in [5, 5.41) is 14.0. The smallest absolute Gasteiger partial charge is 0.331 e. The molecular formula is C13H21N3O3. The van der Waals surface area contributed by atoms with Crippen molar-refractivity contribution in [1.82, 2.24) is 4.98 Å². The predicted molar refractivity (Wildman–Crippen MR) is 74.6 cm³/mol. The van der Waals surface area contributed by atoms with E-state index in [2.05, 4.69) is 24.1 Å². The molecule has 0 amide bonds. The van der Waals surface area contributed by atoms with Crippen LogP contribution in [0, 0.1) is 16.0 Å². The first-order chi connectivity index (χ1) is 9.04. The number of pyridine rings is 1. The van der Waals surface area contributed by atoms with Crippen LogP contribution in [-0.4, -0.2) is 23.1 Å². The van der Waals surface area contributed by atoms with E-state index in [1.807, 2.05) is 6.92 Å². The molecule has 1 aromatic heterocycles. The number of nitro groups is 1. The van der Waals surface area contributed by atoms with Gasteiger partial charge in [0.2, 0.25) is 0 Å².